The van der Waals surface area contributed by atoms with Crippen molar-refractivity contribution in [2.24, 2.45) is 5.73 Å². The number of nitrogens with zero attached hydrogens (tertiary/aromatic N) is 1. The van der Waals surface area contributed by atoms with Gasteiger partial charge in [0.25, 0.3) is 0 Å². The lowest BCUT2D eigenvalue weighted by Gasteiger charge is -2.39. The van der Waals surface area contributed by atoms with E-state index in [0.717, 1.165) is 18.5 Å². The Morgan fingerprint density at radius 1 is 1.27 bits per heavy atom. The van der Waals surface area contributed by atoms with Crippen LogP contribution in [0.25, 0.3) is 0 Å². The number of piperidine rings is 1. The van der Waals surface area contributed by atoms with E-state index < -0.39 is 0 Å². The lowest BCUT2D eigenvalue weighted by Crippen LogP contribution is -2.44. The monoisotopic (exact) mass is 212 g/mol. The fourth-order valence-electron chi connectivity index (χ4n) is 2.66. The molecule has 0 aromatic rings. The maximum Gasteiger partial charge on any atom is 0.00697 e. The van der Waals surface area contributed by atoms with E-state index in [-0.39, 0.29) is 0 Å². The molecule has 1 aliphatic rings. The van der Waals surface area contributed by atoms with Crippen LogP contribution in [0.3, 0.4) is 0 Å². The molecule has 1 fully saturated rings. The normalized spacial score (nSPS) is 30.4. The molecular weight excluding hydrogens is 184 g/mol. The van der Waals surface area contributed by atoms with Crippen LogP contribution in [0.2, 0.25) is 0 Å². The van der Waals surface area contributed by atoms with Crippen LogP contribution in [-0.4, -0.2) is 29.6 Å². The van der Waals surface area contributed by atoms with Crippen molar-refractivity contribution in [3.8, 4) is 0 Å². The standard InChI is InChI=1S/C13H28N2/c1-4-13(14)9-6-10-15-11(2)7-5-8-12(15)3/h11-13H,4-10,14H2,1-3H3. The van der Waals surface area contributed by atoms with Gasteiger partial charge in [0, 0.05) is 18.1 Å². The van der Waals surface area contributed by atoms with E-state index in [1.807, 2.05) is 0 Å². The molecule has 0 amide bonds. The van der Waals surface area contributed by atoms with E-state index in [1.54, 1.807) is 0 Å². The van der Waals surface area contributed by atoms with Gasteiger partial charge in [0.2, 0.25) is 0 Å². The van der Waals surface area contributed by atoms with Crippen molar-refractivity contribution in [1.29, 1.82) is 0 Å². The third-order valence-electron chi connectivity index (χ3n) is 3.89. The molecule has 90 valence electrons. The van der Waals surface area contributed by atoms with Crippen LogP contribution in [0.4, 0.5) is 0 Å². The predicted octanol–water partition coefficient (Wildman–Crippen LogP) is 2.77. The topological polar surface area (TPSA) is 29.3 Å². The van der Waals surface area contributed by atoms with E-state index in [4.69, 9.17) is 5.73 Å². The summed E-state index contributed by atoms with van der Waals surface area (Å²) >= 11 is 0. The Kier molecular flexibility index (Phi) is 5.62. The maximum atomic E-state index is 5.94. The molecule has 3 atom stereocenters. The minimum absolute atomic E-state index is 0.417. The molecule has 1 heterocycles. The largest absolute Gasteiger partial charge is 0.328 e. The molecule has 2 N–H and O–H groups in total. The van der Waals surface area contributed by atoms with Crippen molar-refractivity contribution in [2.75, 3.05) is 6.54 Å². The average molecular weight is 212 g/mol. The Morgan fingerprint density at radius 2 is 1.87 bits per heavy atom. The molecular formula is C13H28N2. The van der Waals surface area contributed by atoms with Gasteiger partial charge in [-0.25, -0.2) is 0 Å². The zero-order valence-corrected chi connectivity index (χ0v) is 10.7. The van der Waals surface area contributed by atoms with Crippen molar-refractivity contribution >= 4 is 0 Å². The molecule has 0 radical (unpaired) electrons. The quantitative estimate of drug-likeness (QED) is 0.759. The minimum atomic E-state index is 0.417. The fraction of sp³-hybridized carbons (Fsp3) is 1.00. The van der Waals surface area contributed by atoms with Crippen LogP contribution in [0.1, 0.15) is 59.3 Å². The number of likely N-dealkylation sites (tertiary alicyclic amines) is 1. The highest BCUT2D eigenvalue weighted by atomic mass is 15.2. The van der Waals surface area contributed by atoms with Crippen LogP contribution in [0.5, 0.6) is 0 Å². The summed E-state index contributed by atoms with van der Waals surface area (Å²) < 4.78 is 0. The molecule has 2 heteroatoms. The van der Waals surface area contributed by atoms with Gasteiger partial charge in [-0.3, -0.25) is 4.90 Å². The van der Waals surface area contributed by atoms with Gasteiger partial charge < -0.3 is 5.73 Å². The Balaban J connectivity index is 2.23. The summed E-state index contributed by atoms with van der Waals surface area (Å²) in [6.07, 6.45) is 7.74. The zero-order chi connectivity index (χ0) is 11.3. The molecule has 1 saturated heterocycles. The van der Waals surface area contributed by atoms with Gasteiger partial charge in [0.1, 0.15) is 0 Å². The second-order valence-electron chi connectivity index (χ2n) is 5.18. The molecule has 15 heavy (non-hydrogen) atoms. The highest BCUT2D eigenvalue weighted by Crippen LogP contribution is 2.22. The summed E-state index contributed by atoms with van der Waals surface area (Å²) in [5.41, 5.74) is 5.94. The lowest BCUT2D eigenvalue weighted by atomic mass is 9.97. The number of rotatable bonds is 5. The van der Waals surface area contributed by atoms with E-state index in [1.165, 1.54) is 38.6 Å². The summed E-state index contributed by atoms with van der Waals surface area (Å²) in [5, 5.41) is 0. The van der Waals surface area contributed by atoms with Gasteiger partial charge >= 0.3 is 0 Å². The van der Waals surface area contributed by atoms with Crippen LogP contribution >= 0.6 is 0 Å². The molecule has 0 saturated carbocycles. The Bertz CT molecular complexity index is 160. The average Bonchev–Trinajstić information content (AvgIpc) is 2.22. The summed E-state index contributed by atoms with van der Waals surface area (Å²) in [5.74, 6) is 0. The van der Waals surface area contributed by atoms with E-state index in [9.17, 15) is 0 Å². The lowest BCUT2D eigenvalue weighted by molar-refractivity contribution is 0.101. The summed E-state index contributed by atoms with van der Waals surface area (Å²) in [6, 6.07) is 1.98. The molecule has 0 bridgehead atoms. The SMILES string of the molecule is CCC(N)CCCN1C(C)CCCC1C. The van der Waals surface area contributed by atoms with Crippen LogP contribution in [0, 0.1) is 0 Å². The van der Waals surface area contributed by atoms with Crippen LogP contribution in [0.15, 0.2) is 0 Å². The first-order valence-corrected chi connectivity index (χ1v) is 6.66. The summed E-state index contributed by atoms with van der Waals surface area (Å²) in [4.78, 5) is 2.67. The minimum Gasteiger partial charge on any atom is -0.328 e. The van der Waals surface area contributed by atoms with Gasteiger partial charge in [-0.15, -0.1) is 0 Å². The Morgan fingerprint density at radius 3 is 2.40 bits per heavy atom. The first-order chi connectivity index (χ1) is 7.15. The van der Waals surface area contributed by atoms with Crippen molar-refractivity contribution in [3.05, 3.63) is 0 Å². The second-order valence-corrected chi connectivity index (χ2v) is 5.18. The Hall–Kier alpha value is -0.0800. The third-order valence-corrected chi connectivity index (χ3v) is 3.89. The first kappa shape index (κ1) is 13.0. The molecule has 1 aliphatic heterocycles. The maximum absolute atomic E-state index is 5.94. The smallest absolute Gasteiger partial charge is 0.00697 e. The highest BCUT2D eigenvalue weighted by Gasteiger charge is 2.23. The molecule has 0 aliphatic carbocycles. The molecule has 2 nitrogen and oxygen atoms in total. The molecule has 0 aromatic carbocycles. The highest BCUT2D eigenvalue weighted by molar-refractivity contribution is 4.79. The molecule has 0 spiro atoms. The zero-order valence-electron chi connectivity index (χ0n) is 10.7. The number of nitrogens with two attached hydrogens (primary N) is 1. The molecule has 3 unspecified atom stereocenters. The van der Waals surface area contributed by atoms with Crippen molar-refractivity contribution in [1.82, 2.24) is 4.90 Å². The number of hydrogen-bond acceptors (Lipinski definition) is 2. The predicted molar refractivity (Wildman–Crippen MR) is 67.0 cm³/mol. The van der Waals surface area contributed by atoms with Gasteiger partial charge in [-0.2, -0.15) is 0 Å². The van der Waals surface area contributed by atoms with Crippen molar-refractivity contribution in [2.45, 2.75) is 77.4 Å². The molecule has 1 rings (SSSR count). The van der Waals surface area contributed by atoms with Gasteiger partial charge in [0.15, 0.2) is 0 Å². The van der Waals surface area contributed by atoms with E-state index >= 15 is 0 Å². The third kappa shape index (κ3) is 4.12. The second kappa shape index (κ2) is 6.49. The number of hydrogen-bond donors (Lipinski definition) is 1. The summed E-state index contributed by atoms with van der Waals surface area (Å²) in [7, 11) is 0. The van der Waals surface area contributed by atoms with E-state index in [2.05, 4.69) is 25.7 Å². The van der Waals surface area contributed by atoms with Crippen LogP contribution in [-0.2, 0) is 0 Å². The van der Waals surface area contributed by atoms with E-state index in [0.29, 0.717) is 6.04 Å². The van der Waals surface area contributed by atoms with Gasteiger partial charge in [-0.1, -0.05) is 13.3 Å². The van der Waals surface area contributed by atoms with Crippen molar-refractivity contribution < 1.29 is 0 Å². The summed E-state index contributed by atoms with van der Waals surface area (Å²) in [6.45, 7) is 8.16. The van der Waals surface area contributed by atoms with Gasteiger partial charge in [0.05, 0.1) is 0 Å². The Labute approximate surface area is 95.2 Å². The van der Waals surface area contributed by atoms with Crippen molar-refractivity contribution in [3.63, 3.8) is 0 Å². The first-order valence-electron chi connectivity index (χ1n) is 6.66. The molecule has 0 aromatic heterocycles. The van der Waals surface area contributed by atoms with Crippen LogP contribution < -0.4 is 5.73 Å². The fourth-order valence-corrected chi connectivity index (χ4v) is 2.66. The van der Waals surface area contributed by atoms with Gasteiger partial charge in [-0.05, 0) is 52.5 Å².